The molecule has 0 amide bonds. The van der Waals surface area contributed by atoms with E-state index in [4.69, 9.17) is 0 Å². The third-order valence-corrected chi connectivity index (χ3v) is 5.41. The average Bonchev–Trinajstić information content (AvgIpc) is 2.85. The van der Waals surface area contributed by atoms with Gasteiger partial charge in [-0.15, -0.1) is 0 Å². The number of nitrogens with one attached hydrogen (secondary N) is 1. The average molecular weight is 318 g/mol. The van der Waals surface area contributed by atoms with E-state index in [1.807, 2.05) is 37.3 Å². The van der Waals surface area contributed by atoms with Crippen molar-refractivity contribution in [1.29, 1.82) is 0 Å². The number of aromatic nitrogens is 2. The molecule has 0 spiro atoms. The maximum Gasteiger partial charge on any atom is 0.235 e. The van der Waals surface area contributed by atoms with E-state index in [2.05, 4.69) is 15.3 Å². The van der Waals surface area contributed by atoms with Crippen LogP contribution in [0.15, 0.2) is 36.5 Å². The standard InChI is InChI=1S/C15H18N4O2S/c1-12-6-7-16-15(18-12)17-11-13-4-2-5-14(10-13)19-8-3-9-22(19,20)21/h2,4-7,10H,3,8-9,11H2,1H3,(H,16,17,18). The first-order valence-electron chi connectivity index (χ1n) is 7.17. The van der Waals surface area contributed by atoms with E-state index in [1.165, 1.54) is 4.31 Å². The highest BCUT2D eigenvalue weighted by Crippen LogP contribution is 2.24. The molecule has 0 unspecified atom stereocenters. The van der Waals surface area contributed by atoms with Crippen molar-refractivity contribution in [2.24, 2.45) is 0 Å². The molecule has 1 aliphatic rings. The summed E-state index contributed by atoms with van der Waals surface area (Å²) in [4.78, 5) is 8.43. The lowest BCUT2D eigenvalue weighted by Gasteiger charge is -2.17. The Morgan fingerprint density at radius 3 is 2.91 bits per heavy atom. The Balaban J connectivity index is 1.74. The molecule has 1 aliphatic heterocycles. The molecule has 3 rings (SSSR count). The number of benzene rings is 1. The molecule has 0 bridgehead atoms. The Bertz CT molecular complexity index is 777. The number of anilines is 2. The third-order valence-electron chi connectivity index (χ3n) is 3.54. The van der Waals surface area contributed by atoms with E-state index >= 15 is 0 Å². The molecule has 116 valence electrons. The maximum absolute atomic E-state index is 12.0. The zero-order valence-electron chi connectivity index (χ0n) is 12.4. The summed E-state index contributed by atoms with van der Waals surface area (Å²) in [6.45, 7) is 3.01. The van der Waals surface area contributed by atoms with Gasteiger partial charge in [0.1, 0.15) is 0 Å². The van der Waals surface area contributed by atoms with Crippen molar-refractivity contribution < 1.29 is 8.42 Å². The molecule has 2 aromatic rings. The molecular weight excluding hydrogens is 300 g/mol. The lowest BCUT2D eigenvalue weighted by molar-refractivity contribution is 0.599. The van der Waals surface area contributed by atoms with Crippen molar-refractivity contribution in [3.05, 3.63) is 47.8 Å². The van der Waals surface area contributed by atoms with Gasteiger partial charge in [0.2, 0.25) is 16.0 Å². The van der Waals surface area contributed by atoms with Gasteiger partial charge >= 0.3 is 0 Å². The van der Waals surface area contributed by atoms with E-state index in [0.29, 0.717) is 25.5 Å². The number of nitrogens with zero attached hydrogens (tertiary/aromatic N) is 3. The molecule has 6 nitrogen and oxygen atoms in total. The summed E-state index contributed by atoms with van der Waals surface area (Å²) < 4.78 is 25.4. The zero-order valence-corrected chi connectivity index (χ0v) is 13.2. The molecule has 0 radical (unpaired) electrons. The molecule has 7 heteroatoms. The van der Waals surface area contributed by atoms with Gasteiger partial charge in [-0.05, 0) is 37.1 Å². The highest BCUT2D eigenvalue weighted by molar-refractivity contribution is 7.93. The van der Waals surface area contributed by atoms with Crippen LogP contribution < -0.4 is 9.62 Å². The van der Waals surface area contributed by atoms with E-state index in [0.717, 1.165) is 16.9 Å². The monoisotopic (exact) mass is 318 g/mol. The number of sulfonamides is 1. The summed E-state index contributed by atoms with van der Waals surface area (Å²) in [5.41, 5.74) is 2.61. The number of rotatable bonds is 4. The van der Waals surface area contributed by atoms with E-state index in [1.54, 1.807) is 6.20 Å². The van der Waals surface area contributed by atoms with Crippen molar-refractivity contribution >= 4 is 21.7 Å². The van der Waals surface area contributed by atoms with Crippen LogP contribution in [0.5, 0.6) is 0 Å². The van der Waals surface area contributed by atoms with Gasteiger partial charge in [0.25, 0.3) is 0 Å². The summed E-state index contributed by atoms with van der Waals surface area (Å²) in [7, 11) is -3.14. The van der Waals surface area contributed by atoms with Crippen molar-refractivity contribution in [3.8, 4) is 0 Å². The van der Waals surface area contributed by atoms with Gasteiger partial charge < -0.3 is 5.32 Å². The predicted octanol–water partition coefficient (Wildman–Crippen LogP) is 1.94. The van der Waals surface area contributed by atoms with Crippen molar-refractivity contribution in [2.75, 3.05) is 21.9 Å². The topological polar surface area (TPSA) is 75.2 Å². The van der Waals surface area contributed by atoms with Crippen LogP contribution in [0.4, 0.5) is 11.6 Å². The predicted molar refractivity (Wildman–Crippen MR) is 86.3 cm³/mol. The van der Waals surface area contributed by atoms with Crippen molar-refractivity contribution in [3.63, 3.8) is 0 Å². The smallest absolute Gasteiger partial charge is 0.235 e. The van der Waals surface area contributed by atoms with Crippen LogP contribution in [-0.4, -0.2) is 30.7 Å². The highest BCUT2D eigenvalue weighted by atomic mass is 32.2. The van der Waals surface area contributed by atoms with E-state index in [-0.39, 0.29) is 5.75 Å². The quantitative estimate of drug-likeness (QED) is 0.932. The molecule has 2 heterocycles. The van der Waals surface area contributed by atoms with Crippen LogP contribution in [-0.2, 0) is 16.6 Å². The second-order valence-electron chi connectivity index (χ2n) is 5.29. The van der Waals surface area contributed by atoms with Gasteiger partial charge in [-0.1, -0.05) is 12.1 Å². The summed E-state index contributed by atoms with van der Waals surface area (Å²) >= 11 is 0. The molecule has 1 saturated heterocycles. The van der Waals surface area contributed by atoms with Crippen LogP contribution in [0.2, 0.25) is 0 Å². The molecule has 1 fully saturated rings. The Labute approximate surface area is 130 Å². The fourth-order valence-corrected chi connectivity index (χ4v) is 4.02. The minimum absolute atomic E-state index is 0.229. The van der Waals surface area contributed by atoms with Crippen LogP contribution >= 0.6 is 0 Å². The number of hydrogen-bond acceptors (Lipinski definition) is 5. The largest absolute Gasteiger partial charge is 0.350 e. The molecule has 0 saturated carbocycles. The Morgan fingerprint density at radius 1 is 1.32 bits per heavy atom. The van der Waals surface area contributed by atoms with Gasteiger partial charge in [-0.2, -0.15) is 0 Å². The fourth-order valence-electron chi connectivity index (χ4n) is 2.47. The zero-order chi connectivity index (χ0) is 15.6. The van der Waals surface area contributed by atoms with Crippen molar-refractivity contribution in [1.82, 2.24) is 9.97 Å². The Kier molecular flexibility index (Phi) is 3.98. The molecule has 22 heavy (non-hydrogen) atoms. The minimum Gasteiger partial charge on any atom is -0.350 e. The first-order chi connectivity index (χ1) is 10.5. The maximum atomic E-state index is 12.0. The molecule has 1 N–H and O–H groups in total. The normalized spacial score (nSPS) is 16.7. The molecule has 1 aromatic carbocycles. The minimum atomic E-state index is -3.14. The van der Waals surface area contributed by atoms with Gasteiger partial charge in [0.15, 0.2) is 0 Å². The molecule has 0 atom stereocenters. The summed E-state index contributed by atoms with van der Waals surface area (Å²) in [6, 6.07) is 9.39. The molecule has 0 aliphatic carbocycles. The van der Waals surface area contributed by atoms with Gasteiger partial charge in [0, 0.05) is 25.0 Å². The van der Waals surface area contributed by atoms with Crippen LogP contribution in [0.25, 0.3) is 0 Å². The second-order valence-corrected chi connectivity index (χ2v) is 7.30. The van der Waals surface area contributed by atoms with Gasteiger partial charge in [-0.3, -0.25) is 4.31 Å². The van der Waals surface area contributed by atoms with E-state index < -0.39 is 10.0 Å². The summed E-state index contributed by atoms with van der Waals surface area (Å²) in [6.07, 6.45) is 2.39. The van der Waals surface area contributed by atoms with Crippen LogP contribution in [0.3, 0.4) is 0 Å². The molecular formula is C15H18N4O2S. The van der Waals surface area contributed by atoms with Gasteiger partial charge in [-0.25, -0.2) is 18.4 Å². The fraction of sp³-hybridized carbons (Fsp3) is 0.333. The van der Waals surface area contributed by atoms with Crippen molar-refractivity contribution in [2.45, 2.75) is 19.9 Å². The second kappa shape index (κ2) is 5.92. The highest BCUT2D eigenvalue weighted by Gasteiger charge is 2.28. The summed E-state index contributed by atoms with van der Waals surface area (Å²) in [5.74, 6) is 0.797. The SMILES string of the molecule is Cc1ccnc(NCc2cccc(N3CCCS3(=O)=O)c2)n1. The summed E-state index contributed by atoms with van der Waals surface area (Å²) in [5, 5.41) is 3.15. The third kappa shape index (κ3) is 3.19. The Hall–Kier alpha value is -2.15. The van der Waals surface area contributed by atoms with E-state index in [9.17, 15) is 8.42 Å². The first kappa shape index (κ1) is 14.8. The lowest BCUT2D eigenvalue weighted by Crippen LogP contribution is -2.25. The van der Waals surface area contributed by atoms with Crippen LogP contribution in [0, 0.1) is 6.92 Å². The van der Waals surface area contributed by atoms with Crippen LogP contribution in [0.1, 0.15) is 17.7 Å². The lowest BCUT2D eigenvalue weighted by atomic mass is 10.2. The first-order valence-corrected chi connectivity index (χ1v) is 8.78. The Morgan fingerprint density at radius 2 is 2.18 bits per heavy atom. The number of aryl methyl sites for hydroxylation is 1. The molecule has 1 aromatic heterocycles. The van der Waals surface area contributed by atoms with Gasteiger partial charge in [0.05, 0.1) is 11.4 Å². The number of hydrogen-bond donors (Lipinski definition) is 1.